The van der Waals surface area contributed by atoms with Gasteiger partial charge in [-0.1, -0.05) is 6.92 Å². The largest absolute Gasteiger partial charge is 0.387 e. The first kappa shape index (κ1) is 14.2. The predicted molar refractivity (Wildman–Crippen MR) is 60.6 cm³/mol. The summed E-state index contributed by atoms with van der Waals surface area (Å²) < 4.78 is 3.98. The molecule has 0 bridgehead atoms. The minimum Gasteiger partial charge on any atom is -0.387 e. The van der Waals surface area contributed by atoms with Crippen molar-refractivity contribution in [3.8, 4) is 0 Å². The Morgan fingerprint density at radius 3 is 2.80 bits per heavy atom. The Hall–Kier alpha value is -0.810. The van der Waals surface area contributed by atoms with E-state index in [0.717, 1.165) is 12.8 Å². The van der Waals surface area contributed by atoms with E-state index in [2.05, 4.69) is 9.28 Å². The third-order valence-electron chi connectivity index (χ3n) is 1.87. The average Bonchev–Trinajstić information content (AvgIpc) is 2.23. The normalized spacial score (nSPS) is 13.7. The zero-order valence-electron chi connectivity index (χ0n) is 8.91. The fourth-order valence-electron chi connectivity index (χ4n) is 1.04. The molecule has 0 spiro atoms. The van der Waals surface area contributed by atoms with Gasteiger partial charge in [0.2, 0.25) is 0 Å². The molecule has 0 aromatic carbocycles. The van der Waals surface area contributed by atoms with E-state index in [0.29, 0.717) is 25.2 Å². The van der Waals surface area contributed by atoms with E-state index in [1.54, 1.807) is 0 Å². The fraction of sp³-hybridized carbons (Fsp3) is 0.778. The first-order valence-corrected chi connectivity index (χ1v) is 5.29. The summed E-state index contributed by atoms with van der Waals surface area (Å²) in [4.78, 5) is 14.9. The van der Waals surface area contributed by atoms with Crippen LogP contribution < -0.4 is 11.5 Å². The molecule has 0 radical (unpaired) electrons. The van der Waals surface area contributed by atoms with E-state index in [1.807, 2.05) is 6.92 Å². The van der Waals surface area contributed by atoms with Gasteiger partial charge in [0.25, 0.3) is 0 Å². The molecule has 0 rings (SSSR count). The van der Waals surface area contributed by atoms with Crippen molar-refractivity contribution in [2.45, 2.75) is 38.6 Å². The van der Waals surface area contributed by atoms with Gasteiger partial charge in [-0.05, 0) is 19.3 Å². The van der Waals surface area contributed by atoms with Crippen molar-refractivity contribution in [2.75, 3.05) is 6.54 Å². The fourth-order valence-corrected chi connectivity index (χ4v) is 1.16. The van der Waals surface area contributed by atoms with Crippen LogP contribution in [0.4, 0.5) is 0 Å². The van der Waals surface area contributed by atoms with E-state index in [-0.39, 0.29) is 0 Å². The molecule has 0 unspecified atom stereocenters. The number of carbonyl (C=O) groups is 1. The van der Waals surface area contributed by atoms with Crippen LogP contribution in [0.1, 0.15) is 32.6 Å². The number of rotatable bonds is 7. The SMILES string of the molecule is CCCC(N)=NCCC[C@H](N)C(=O)OCl. The van der Waals surface area contributed by atoms with Gasteiger partial charge in [-0.15, -0.1) is 0 Å². The standard InChI is InChI=1S/C9H18ClN3O2/c1-2-4-8(12)13-6-3-5-7(11)9(14)15-10/h7H,2-6,11H2,1H3,(H2,12,13)/t7-/m0/s1. The maximum absolute atomic E-state index is 10.8. The molecule has 1 atom stereocenters. The summed E-state index contributed by atoms with van der Waals surface area (Å²) in [6.07, 6.45) is 2.97. The van der Waals surface area contributed by atoms with Crippen LogP contribution in [0.15, 0.2) is 4.99 Å². The van der Waals surface area contributed by atoms with Crippen molar-refractivity contribution in [3.63, 3.8) is 0 Å². The summed E-state index contributed by atoms with van der Waals surface area (Å²) in [5.74, 6) is 0.0353. The van der Waals surface area contributed by atoms with E-state index < -0.39 is 12.0 Å². The molecule has 0 amide bonds. The van der Waals surface area contributed by atoms with Crippen molar-refractivity contribution in [1.29, 1.82) is 0 Å². The molecule has 15 heavy (non-hydrogen) atoms. The number of nitrogens with two attached hydrogens (primary N) is 2. The maximum Gasteiger partial charge on any atom is 0.341 e. The van der Waals surface area contributed by atoms with Crippen LogP contribution in [0.2, 0.25) is 0 Å². The molecule has 0 saturated heterocycles. The molecular formula is C9H18ClN3O2. The summed E-state index contributed by atoms with van der Waals surface area (Å²) >= 11 is 4.87. The van der Waals surface area contributed by atoms with Gasteiger partial charge in [-0.3, -0.25) is 4.99 Å². The number of amidine groups is 1. The molecule has 88 valence electrons. The first-order valence-electron chi connectivity index (χ1n) is 4.98. The number of nitrogens with zero attached hydrogens (tertiary/aromatic N) is 1. The molecule has 0 aromatic heterocycles. The monoisotopic (exact) mass is 235 g/mol. The molecule has 5 nitrogen and oxygen atoms in total. The molecule has 0 aliphatic rings. The van der Waals surface area contributed by atoms with Gasteiger partial charge in [-0.25, -0.2) is 4.79 Å². The summed E-state index contributed by atoms with van der Waals surface area (Å²) in [5, 5.41) is 0. The Balaban J connectivity index is 3.62. The first-order chi connectivity index (χ1) is 7.11. The van der Waals surface area contributed by atoms with Crippen molar-refractivity contribution in [2.24, 2.45) is 16.5 Å². The minimum atomic E-state index is -0.676. The number of hydrogen-bond donors (Lipinski definition) is 2. The van der Waals surface area contributed by atoms with Gasteiger partial charge >= 0.3 is 5.97 Å². The molecule has 0 aliphatic heterocycles. The molecule has 4 N–H and O–H groups in total. The number of aliphatic imine (C=N–C) groups is 1. The van der Waals surface area contributed by atoms with Crippen molar-refractivity contribution in [1.82, 2.24) is 0 Å². The third kappa shape index (κ3) is 7.16. The Bertz CT molecular complexity index is 221. The molecule has 0 fully saturated rings. The lowest BCUT2D eigenvalue weighted by molar-refractivity contribution is -0.135. The number of halogens is 1. The number of carbonyl (C=O) groups excluding carboxylic acids is 1. The second-order valence-electron chi connectivity index (χ2n) is 3.27. The minimum absolute atomic E-state index is 0.495. The van der Waals surface area contributed by atoms with E-state index >= 15 is 0 Å². The quantitative estimate of drug-likeness (QED) is 0.391. The Kier molecular flexibility index (Phi) is 8.04. The smallest absolute Gasteiger partial charge is 0.341 e. The maximum atomic E-state index is 10.8. The second kappa shape index (κ2) is 8.49. The highest BCUT2D eigenvalue weighted by Crippen LogP contribution is 1.99. The highest BCUT2D eigenvalue weighted by atomic mass is 35.5. The van der Waals surface area contributed by atoms with Crippen molar-refractivity contribution < 1.29 is 9.08 Å². The van der Waals surface area contributed by atoms with Gasteiger partial charge in [0, 0.05) is 13.0 Å². The zero-order valence-corrected chi connectivity index (χ0v) is 9.67. The summed E-state index contributed by atoms with van der Waals surface area (Å²) in [5.41, 5.74) is 11.1. The molecule has 0 aliphatic carbocycles. The molecule has 6 heteroatoms. The van der Waals surface area contributed by atoms with Gasteiger partial charge in [-0.2, -0.15) is 0 Å². The van der Waals surface area contributed by atoms with Gasteiger partial charge < -0.3 is 15.8 Å². The lowest BCUT2D eigenvalue weighted by atomic mass is 10.2. The molecule has 0 saturated carbocycles. The summed E-state index contributed by atoms with van der Waals surface area (Å²) in [6.45, 7) is 2.61. The summed E-state index contributed by atoms with van der Waals surface area (Å²) in [6, 6.07) is -0.676. The topological polar surface area (TPSA) is 90.7 Å². The van der Waals surface area contributed by atoms with Crippen molar-refractivity contribution >= 4 is 23.7 Å². The Morgan fingerprint density at radius 1 is 1.60 bits per heavy atom. The zero-order chi connectivity index (χ0) is 11.7. The Morgan fingerprint density at radius 2 is 2.27 bits per heavy atom. The Labute approximate surface area is 95.0 Å². The highest BCUT2D eigenvalue weighted by Gasteiger charge is 2.13. The lowest BCUT2D eigenvalue weighted by Gasteiger charge is -2.05. The molecular weight excluding hydrogens is 218 g/mol. The number of hydrogen-bond acceptors (Lipinski definition) is 4. The van der Waals surface area contributed by atoms with Crippen LogP contribution in [0.3, 0.4) is 0 Å². The third-order valence-corrected chi connectivity index (χ3v) is 2.03. The predicted octanol–water partition coefficient (Wildman–Crippen LogP) is 0.948. The average molecular weight is 236 g/mol. The van der Waals surface area contributed by atoms with Crippen LogP contribution in [-0.4, -0.2) is 24.4 Å². The lowest BCUT2D eigenvalue weighted by Crippen LogP contribution is -2.30. The van der Waals surface area contributed by atoms with Gasteiger partial charge in [0.1, 0.15) is 17.9 Å². The van der Waals surface area contributed by atoms with Crippen LogP contribution in [0, 0.1) is 0 Å². The van der Waals surface area contributed by atoms with Gasteiger partial charge in [0.05, 0.1) is 5.84 Å². The second-order valence-corrected chi connectivity index (χ2v) is 3.42. The van der Waals surface area contributed by atoms with E-state index in [4.69, 9.17) is 23.3 Å². The van der Waals surface area contributed by atoms with E-state index in [1.165, 1.54) is 0 Å². The van der Waals surface area contributed by atoms with E-state index in [9.17, 15) is 4.79 Å². The molecule has 0 aromatic rings. The molecule has 0 heterocycles. The summed E-state index contributed by atoms with van der Waals surface area (Å²) in [7, 11) is 0. The van der Waals surface area contributed by atoms with Crippen molar-refractivity contribution in [3.05, 3.63) is 0 Å². The highest BCUT2D eigenvalue weighted by molar-refractivity contribution is 6.13. The van der Waals surface area contributed by atoms with Crippen LogP contribution in [0.5, 0.6) is 0 Å². The van der Waals surface area contributed by atoms with Crippen LogP contribution in [0.25, 0.3) is 0 Å². The van der Waals surface area contributed by atoms with Gasteiger partial charge in [0.15, 0.2) is 0 Å². The van der Waals surface area contributed by atoms with Crippen LogP contribution in [-0.2, 0) is 9.08 Å². The van der Waals surface area contributed by atoms with Crippen LogP contribution >= 0.6 is 11.9 Å².